The molecule has 0 aromatic heterocycles. The van der Waals surface area contributed by atoms with Crippen LogP contribution in [0.3, 0.4) is 0 Å². The van der Waals surface area contributed by atoms with Gasteiger partial charge in [-0.2, -0.15) is 0 Å². The van der Waals surface area contributed by atoms with Gasteiger partial charge >= 0.3 is 57.4 Å². The van der Waals surface area contributed by atoms with E-state index >= 15 is 0 Å². The zero-order valence-corrected chi connectivity index (χ0v) is 26.1. The Hall–Kier alpha value is -1.19. The van der Waals surface area contributed by atoms with Gasteiger partial charge in [-0.05, 0) is 37.1 Å². The monoisotopic (exact) mass is 599 g/mol. The SMILES string of the molecule is C=C(Cl)/C(Cl)=C(/Cl)C1=C(Cl)C2(OC1=O)c1ccc([O-])cc1Oc1cc(N(C)C3=CCCC=C3)ccc12.[K+]. The van der Waals surface area contributed by atoms with Crippen LogP contribution < -0.4 is 66.1 Å². The minimum absolute atomic E-state index is 0. The van der Waals surface area contributed by atoms with Crippen molar-refractivity contribution >= 4 is 58.1 Å². The molecule has 5 rings (SSSR count). The molecule has 2 heterocycles. The van der Waals surface area contributed by atoms with Gasteiger partial charge in [-0.1, -0.05) is 77.3 Å². The molecule has 0 amide bonds. The fourth-order valence-corrected chi connectivity index (χ4v) is 5.48. The smallest absolute Gasteiger partial charge is 0.872 e. The molecule has 3 aliphatic rings. The van der Waals surface area contributed by atoms with Crippen LogP contribution in [0.2, 0.25) is 0 Å². The molecule has 10 heteroatoms. The van der Waals surface area contributed by atoms with Crippen LogP contribution in [0, 0.1) is 0 Å². The Morgan fingerprint density at radius 3 is 2.41 bits per heavy atom. The Kier molecular flexibility index (Phi) is 8.66. The zero-order chi connectivity index (χ0) is 25.8. The summed E-state index contributed by atoms with van der Waals surface area (Å²) in [6.45, 7) is 3.55. The largest absolute Gasteiger partial charge is 1.00 e. The number of anilines is 1. The number of carbonyl (C=O) groups excluding carboxylic acids is 1. The van der Waals surface area contributed by atoms with Crippen LogP contribution in [0.25, 0.3) is 0 Å². The summed E-state index contributed by atoms with van der Waals surface area (Å²) in [5.41, 5.74) is 0.969. The van der Waals surface area contributed by atoms with E-state index in [9.17, 15) is 9.90 Å². The molecule has 2 aliphatic heterocycles. The Morgan fingerprint density at radius 2 is 1.76 bits per heavy atom. The second kappa shape index (κ2) is 11.1. The van der Waals surface area contributed by atoms with Crippen molar-refractivity contribution in [3.05, 3.63) is 104 Å². The molecular weight excluding hydrogens is 583 g/mol. The van der Waals surface area contributed by atoms with E-state index in [0.29, 0.717) is 16.9 Å². The van der Waals surface area contributed by atoms with Gasteiger partial charge in [-0.3, -0.25) is 0 Å². The van der Waals surface area contributed by atoms with E-state index in [0.717, 1.165) is 24.2 Å². The molecule has 2 aromatic carbocycles. The summed E-state index contributed by atoms with van der Waals surface area (Å²) in [7, 11) is 1.94. The summed E-state index contributed by atoms with van der Waals surface area (Å²) in [6.07, 6.45) is 8.26. The van der Waals surface area contributed by atoms with Gasteiger partial charge in [-0.15, -0.1) is 5.75 Å². The summed E-state index contributed by atoms with van der Waals surface area (Å²) in [6, 6.07) is 9.66. The molecular formula is C27H18Cl4KNO4. The Balaban J connectivity index is 0.00000320. The number of ether oxygens (including phenoxy) is 2. The molecule has 184 valence electrons. The van der Waals surface area contributed by atoms with E-state index in [2.05, 4.69) is 24.8 Å². The molecule has 0 bridgehead atoms. The molecule has 37 heavy (non-hydrogen) atoms. The summed E-state index contributed by atoms with van der Waals surface area (Å²) in [5.74, 6) is -0.489. The van der Waals surface area contributed by atoms with Gasteiger partial charge in [0, 0.05) is 35.6 Å². The van der Waals surface area contributed by atoms with Crippen molar-refractivity contribution in [2.24, 2.45) is 0 Å². The molecule has 1 atom stereocenters. The van der Waals surface area contributed by atoms with Crippen molar-refractivity contribution in [3.63, 3.8) is 0 Å². The predicted molar refractivity (Wildman–Crippen MR) is 141 cm³/mol. The van der Waals surface area contributed by atoms with Gasteiger partial charge in [0.2, 0.25) is 5.60 Å². The van der Waals surface area contributed by atoms with E-state index < -0.39 is 11.6 Å². The maximum atomic E-state index is 13.2. The second-order valence-corrected chi connectivity index (χ2v) is 9.99. The number of likely N-dealkylation sites (N-methyl/N-ethyl adjacent to an activating group) is 1. The van der Waals surface area contributed by atoms with Gasteiger partial charge in [0.15, 0.2) is 0 Å². The zero-order valence-electron chi connectivity index (χ0n) is 19.9. The minimum Gasteiger partial charge on any atom is -0.872 e. The maximum Gasteiger partial charge on any atom is 1.00 e. The summed E-state index contributed by atoms with van der Waals surface area (Å²) in [5, 5.41) is 11.8. The quantitative estimate of drug-likeness (QED) is 0.298. The third-order valence-electron chi connectivity index (χ3n) is 6.28. The number of halogens is 4. The number of esters is 1. The predicted octanol–water partition coefficient (Wildman–Crippen LogP) is 4.28. The van der Waals surface area contributed by atoms with E-state index in [1.807, 2.05) is 24.1 Å². The van der Waals surface area contributed by atoms with Crippen LogP contribution in [0.5, 0.6) is 17.2 Å². The molecule has 0 saturated heterocycles. The Morgan fingerprint density at radius 1 is 1.08 bits per heavy atom. The summed E-state index contributed by atoms with van der Waals surface area (Å²) >= 11 is 25.4. The van der Waals surface area contributed by atoms with Crippen LogP contribution in [0.4, 0.5) is 5.69 Å². The third-order valence-corrected chi connectivity index (χ3v) is 7.91. The standard InChI is InChI=1S/C27H19Cl4NO4.K/c1-14(28)23(29)24(30)22-25(31)27(36-26(22)34)18-10-8-16(32(2)15-6-4-3-5-7-15)12-20(18)35-21-13-17(33)9-11-19(21)27;/h4,6-13,33H,1,3,5H2,2H3;/q;+1/p-1/b24-23-;. The normalized spacial score (nSPS) is 20.2. The molecule has 1 spiro atoms. The molecule has 5 nitrogen and oxygen atoms in total. The van der Waals surface area contributed by atoms with Crippen LogP contribution in [-0.4, -0.2) is 13.0 Å². The van der Waals surface area contributed by atoms with Crippen molar-refractivity contribution < 1.29 is 70.8 Å². The molecule has 1 aliphatic carbocycles. The molecule has 0 radical (unpaired) electrons. The third kappa shape index (κ3) is 4.86. The first-order chi connectivity index (χ1) is 17.1. The van der Waals surface area contributed by atoms with Crippen molar-refractivity contribution in [2.45, 2.75) is 18.4 Å². The number of hydrogen-bond donors (Lipinski definition) is 0. The topological polar surface area (TPSA) is 61.8 Å². The molecule has 2 aromatic rings. The number of rotatable bonds is 4. The van der Waals surface area contributed by atoms with Crippen molar-refractivity contribution in [1.29, 1.82) is 0 Å². The van der Waals surface area contributed by atoms with Crippen molar-refractivity contribution in [2.75, 3.05) is 11.9 Å². The Bertz CT molecular complexity index is 1460. The molecule has 1 unspecified atom stereocenters. The number of fused-ring (bicyclic) bond motifs is 4. The first kappa shape index (κ1) is 28.8. The summed E-state index contributed by atoms with van der Waals surface area (Å²) < 4.78 is 12.1. The fraction of sp³-hybridized carbons (Fsp3) is 0.148. The number of allylic oxidation sites excluding steroid dienone is 5. The average molecular weight is 601 g/mol. The summed E-state index contributed by atoms with van der Waals surface area (Å²) in [4.78, 5) is 15.2. The molecule has 0 fully saturated rings. The number of benzene rings is 2. The van der Waals surface area contributed by atoms with Gasteiger partial charge < -0.3 is 19.5 Å². The average Bonchev–Trinajstić information content (AvgIpc) is 3.12. The van der Waals surface area contributed by atoms with E-state index in [-0.39, 0.29) is 88.6 Å². The maximum absolute atomic E-state index is 13.2. The molecule has 0 saturated carbocycles. The van der Waals surface area contributed by atoms with Crippen LogP contribution in [-0.2, 0) is 15.1 Å². The van der Waals surface area contributed by atoms with E-state index in [1.165, 1.54) is 18.2 Å². The number of carbonyl (C=O) groups is 1. The van der Waals surface area contributed by atoms with Crippen LogP contribution in [0.15, 0.2) is 92.6 Å². The van der Waals surface area contributed by atoms with Crippen LogP contribution >= 0.6 is 46.4 Å². The van der Waals surface area contributed by atoms with Gasteiger partial charge in [0.1, 0.15) is 11.5 Å². The second-order valence-electron chi connectivity index (χ2n) is 8.40. The first-order valence-electron chi connectivity index (χ1n) is 10.9. The van der Waals surface area contributed by atoms with Crippen LogP contribution in [0.1, 0.15) is 24.0 Å². The van der Waals surface area contributed by atoms with Crippen molar-refractivity contribution in [1.82, 2.24) is 0 Å². The Labute approximate surface area is 277 Å². The molecule has 0 N–H and O–H groups in total. The number of hydrogen-bond acceptors (Lipinski definition) is 5. The van der Waals surface area contributed by atoms with Gasteiger partial charge in [0.05, 0.1) is 25.7 Å². The number of nitrogens with zero attached hydrogens (tertiary/aromatic N) is 1. The van der Waals surface area contributed by atoms with E-state index in [4.69, 9.17) is 55.9 Å². The van der Waals surface area contributed by atoms with E-state index in [1.54, 1.807) is 6.07 Å². The minimum atomic E-state index is -1.60. The van der Waals surface area contributed by atoms with Crippen molar-refractivity contribution in [3.8, 4) is 17.2 Å². The fourth-order valence-electron chi connectivity index (χ4n) is 4.50. The van der Waals surface area contributed by atoms with Gasteiger partial charge in [-0.25, -0.2) is 4.79 Å². The van der Waals surface area contributed by atoms with Gasteiger partial charge in [0.25, 0.3) is 0 Å². The first-order valence-corrected chi connectivity index (χ1v) is 12.4.